The summed E-state index contributed by atoms with van der Waals surface area (Å²) < 4.78 is 9.98. The summed E-state index contributed by atoms with van der Waals surface area (Å²) in [6.07, 6.45) is 0.127. The van der Waals surface area contributed by atoms with Crippen LogP contribution < -0.4 is 4.90 Å². The van der Waals surface area contributed by atoms with Gasteiger partial charge in [-0.05, 0) is 38.5 Å². The van der Waals surface area contributed by atoms with E-state index in [-0.39, 0.29) is 31.4 Å². The van der Waals surface area contributed by atoms with Crippen LogP contribution in [0.1, 0.15) is 36.2 Å². The predicted octanol–water partition coefficient (Wildman–Crippen LogP) is 2.09. The standard InChI is InChI=1S/C17H21NO5/c1-4-22-16(20)12-7-6-11(3)14(8-12)18-10-13(9-15(18)19)17(21)23-5-2/h6-8,13H,4-5,9-10H2,1-3H3. The minimum atomic E-state index is -0.465. The van der Waals surface area contributed by atoms with Crippen molar-refractivity contribution in [1.29, 1.82) is 0 Å². The molecule has 1 aromatic rings. The molecule has 1 saturated heterocycles. The highest BCUT2D eigenvalue weighted by molar-refractivity contribution is 6.01. The number of esters is 2. The second-order valence-corrected chi connectivity index (χ2v) is 5.38. The summed E-state index contributed by atoms with van der Waals surface area (Å²) in [6, 6.07) is 5.07. The molecule has 1 amide bonds. The van der Waals surface area contributed by atoms with Gasteiger partial charge in [0.1, 0.15) is 0 Å². The molecule has 1 aliphatic rings. The quantitative estimate of drug-likeness (QED) is 0.777. The third kappa shape index (κ3) is 3.70. The van der Waals surface area contributed by atoms with Crippen LogP contribution in [0.3, 0.4) is 0 Å². The number of nitrogens with zero attached hydrogens (tertiary/aromatic N) is 1. The van der Waals surface area contributed by atoms with Gasteiger partial charge in [0.05, 0.1) is 24.7 Å². The van der Waals surface area contributed by atoms with Gasteiger partial charge in [0.2, 0.25) is 5.91 Å². The fourth-order valence-electron chi connectivity index (χ4n) is 2.60. The zero-order valence-electron chi connectivity index (χ0n) is 13.6. The molecule has 0 saturated carbocycles. The third-order valence-electron chi connectivity index (χ3n) is 3.76. The molecule has 1 aromatic carbocycles. The van der Waals surface area contributed by atoms with Crippen molar-refractivity contribution in [2.75, 3.05) is 24.7 Å². The van der Waals surface area contributed by atoms with E-state index in [1.807, 2.05) is 6.92 Å². The van der Waals surface area contributed by atoms with Crippen molar-refractivity contribution in [3.63, 3.8) is 0 Å². The van der Waals surface area contributed by atoms with Crippen LogP contribution in [-0.4, -0.2) is 37.6 Å². The monoisotopic (exact) mass is 319 g/mol. The number of carbonyl (C=O) groups excluding carboxylic acids is 3. The molecule has 0 bridgehead atoms. The molecular weight excluding hydrogens is 298 g/mol. The van der Waals surface area contributed by atoms with E-state index in [9.17, 15) is 14.4 Å². The van der Waals surface area contributed by atoms with Gasteiger partial charge >= 0.3 is 11.9 Å². The van der Waals surface area contributed by atoms with Crippen LogP contribution in [0.5, 0.6) is 0 Å². The second-order valence-electron chi connectivity index (χ2n) is 5.38. The van der Waals surface area contributed by atoms with Crippen molar-refractivity contribution < 1.29 is 23.9 Å². The van der Waals surface area contributed by atoms with Crippen molar-refractivity contribution in [1.82, 2.24) is 0 Å². The lowest BCUT2D eigenvalue weighted by atomic mass is 10.1. The fraction of sp³-hybridized carbons (Fsp3) is 0.471. The molecule has 0 spiro atoms. The maximum atomic E-state index is 12.3. The lowest BCUT2D eigenvalue weighted by molar-refractivity contribution is -0.147. The molecule has 6 nitrogen and oxygen atoms in total. The molecule has 0 aromatic heterocycles. The largest absolute Gasteiger partial charge is 0.466 e. The lowest BCUT2D eigenvalue weighted by Gasteiger charge is -2.19. The molecule has 1 atom stereocenters. The number of hydrogen-bond acceptors (Lipinski definition) is 5. The Kier molecular flexibility index (Phi) is 5.36. The van der Waals surface area contributed by atoms with E-state index in [4.69, 9.17) is 9.47 Å². The summed E-state index contributed by atoms with van der Waals surface area (Å²) in [4.78, 5) is 37.5. The van der Waals surface area contributed by atoms with Crippen molar-refractivity contribution in [2.24, 2.45) is 5.92 Å². The Hall–Kier alpha value is -2.37. The number of carbonyl (C=O) groups is 3. The Morgan fingerprint density at radius 1 is 1.22 bits per heavy atom. The summed E-state index contributed by atoms with van der Waals surface area (Å²) in [7, 11) is 0. The molecule has 0 N–H and O–H groups in total. The highest BCUT2D eigenvalue weighted by Gasteiger charge is 2.36. The van der Waals surface area contributed by atoms with E-state index >= 15 is 0 Å². The van der Waals surface area contributed by atoms with Gasteiger partial charge in [-0.15, -0.1) is 0 Å². The number of hydrogen-bond donors (Lipinski definition) is 0. The maximum Gasteiger partial charge on any atom is 0.338 e. The Morgan fingerprint density at radius 3 is 2.57 bits per heavy atom. The number of aryl methyl sites for hydroxylation is 1. The van der Waals surface area contributed by atoms with Crippen LogP contribution in [0.15, 0.2) is 18.2 Å². The van der Waals surface area contributed by atoms with Gasteiger partial charge in [-0.3, -0.25) is 9.59 Å². The SMILES string of the molecule is CCOC(=O)c1ccc(C)c(N2CC(C(=O)OCC)CC2=O)c1. The third-order valence-corrected chi connectivity index (χ3v) is 3.76. The molecule has 2 rings (SSSR count). The van der Waals surface area contributed by atoms with E-state index < -0.39 is 11.9 Å². The van der Waals surface area contributed by atoms with Crippen LogP contribution in [-0.2, 0) is 19.1 Å². The van der Waals surface area contributed by atoms with Crippen molar-refractivity contribution in [3.05, 3.63) is 29.3 Å². The smallest absolute Gasteiger partial charge is 0.338 e. The predicted molar refractivity (Wildman–Crippen MR) is 84.2 cm³/mol. The summed E-state index contributed by atoms with van der Waals surface area (Å²) in [5.74, 6) is -1.40. The Balaban J connectivity index is 2.24. The first-order chi connectivity index (χ1) is 11.0. The first-order valence-corrected chi connectivity index (χ1v) is 7.72. The van der Waals surface area contributed by atoms with Gasteiger partial charge in [0.25, 0.3) is 0 Å². The van der Waals surface area contributed by atoms with Gasteiger partial charge in [-0.1, -0.05) is 6.07 Å². The van der Waals surface area contributed by atoms with E-state index in [2.05, 4.69) is 0 Å². The Morgan fingerprint density at radius 2 is 1.91 bits per heavy atom. The van der Waals surface area contributed by atoms with E-state index in [1.54, 1.807) is 36.9 Å². The molecule has 1 aliphatic heterocycles. The van der Waals surface area contributed by atoms with Crippen LogP contribution in [0.25, 0.3) is 0 Å². The minimum Gasteiger partial charge on any atom is -0.466 e. The zero-order valence-corrected chi connectivity index (χ0v) is 13.6. The molecule has 124 valence electrons. The number of ether oxygens (including phenoxy) is 2. The number of amides is 1. The molecular formula is C17H21NO5. The normalized spacial score (nSPS) is 17.3. The molecule has 23 heavy (non-hydrogen) atoms. The molecule has 6 heteroatoms. The number of anilines is 1. The summed E-state index contributed by atoms with van der Waals surface area (Å²) in [5, 5.41) is 0. The topological polar surface area (TPSA) is 72.9 Å². The van der Waals surface area contributed by atoms with Crippen LogP contribution >= 0.6 is 0 Å². The summed E-state index contributed by atoms with van der Waals surface area (Å²) in [6.45, 7) is 6.18. The minimum absolute atomic E-state index is 0.127. The molecule has 1 fully saturated rings. The van der Waals surface area contributed by atoms with E-state index in [1.165, 1.54) is 0 Å². The van der Waals surface area contributed by atoms with E-state index in [0.717, 1.165) is 5.56 Å². The molecule has 0 radical (unpaired) electrons. The second kappa shape index (κ2) is 7.26. The molecule has 1 heterocycles. The van der Waals surface area contributed by atoms with Crippen LogP contribution in [0, 0.1) is 12.8 Å². The van der Waals surface area contributed by atoms with Crippen LogP contribution in [0.4, 0.5) is 5.69 Å². The zero-order chi connectivity index (χ0) is 17.0. The van der Waals surface area contributed by atoms with Gasteiger partial charge in [-0.2, -0.15) is 0 Å². The van der Waals surface area contributed by atoms with Crippen molar-refractivity contribution in [2.45, 2.75) is 27.2 Å². The van der Waals surface area contributed by atoms with Gasteiger partial charge in [0, 0.05) is 18.7 Å². The van der Waals surface area contributed by atoms with Crippen molar-refractivity contribution in [3.8, 4) is 0 Å². The highest BCUT2D eigenvalue weighted by atomic mass is 16.5. The first-order valence-electron chi connectivity index (χ1n) is 7.72. The summed E-state index contributed by atoms with van der Waals surface area (Å²) in [5.41, 5.74) is 1.88. The molecule has 1 unspecified atom stereocenters. The number of rotatable bonds is 5. The van der Waals surface area contributed by atoms with Gasteiger partial charge in [-0.25, -0.2) is 4.79 Å². The van der Waals surface area contributed by atoms with Gasteiger partial charge < -0.3 is 14.4 Å². The Bertz CT molecular complexity index is 625. The highest BCUT2D eigenvalue weighted by Crippen LogP contribution is 2.29. The average molecular weight is 319 g/mol. The first kappa shape index (κ1) is 17.0. The fourth-order valence-corrected chi connectivity index (χ4v) is 2.60. The Labute approximate surface area is 135 Å². The summed E-state index contributed by atoms with van der Waals surface area (Å²) >= 11 is 0. The lowest BCUT2D eigenvalue weighted by Crippen LogP contribution is -2.27. The van der Waals surface area contributed by atoms with Gasteiger partial charge in [0.15, 0.2) is 0 Å². The average Bonchev–Trinajstić information content (AvgIpc) is 2.90. The number of benzene rings is 1. The maximum absolute atomic E-state index is 12.3. The van der Waals surface area contributed by atoms with Crippen molar-refractivity contribution >= 4 is 23.5 Å². The van der Waals surface area contributed by atoms with E-state index in [0.29, 0.717) is 17.9 Å². The molecule has 0 aliphatic carbocycles. The van der Waals surface area contributed by atoms with Crippen LogP contribution in [0.2, 0.25) is 0 Å².